The van der Waals surface area contributed by atoms with Gasteiger partial charge in [-0.2, -0.15) is 0 Å². The Labute approximate surface area is 246 Å². The van der Waals surface area contributed by atoms with E-state index in [2.05, 4.69) is 60.1 Å². The van der Waals surface area contributed by atoms with E-state index in [-0.39, 0.29) is 17.3 Å². The minimum Gasteiger partial charge on any atom is -0.467 e. The molecule has 0 unspecified atom stereocenters. The van der Waals surface area contributed by atoms with E-state index in [0.29, 0.717) is 18.6 Å². The second kappa shape index (κ2) is 15.8. The first-order valence-corrected chi connectivity index (χ1v) is 18.4. The first-order valence-electron chi connectivity index (χ1n) is 13.5. The molecule has 0 spiro atoms. The lowest BCUT2D eigenvalue weighted by Crippen LogP contribution is -2.49. The quantitative estimate of drug-likeness (QED) is 0.0925. The molecule has 1 N–H and O–H groups in total. The Bertz CT molecular complexity index is 1080. The van der Waals surface area contributed by atoms with Crippen LogP contribution in [0.15, 0.2) is 29.6 Å². The third-order valence-corrected chi connectivity index (χ3v) is 13.1. The second-order valence-electron chi connectivity index (χ2n) is 11.2. The number of aromatic nitrogens is 1. The van der Waals surface area contributed by atoms with Crippen molar-refractivity contribution in [3.8, 4) is 10.6 Å². The molecule has 10 heteroatoms. The van der Waals surface area contributed by atoms with E-state index in [0.717, 1.165) is 48.0 Å². The van der Waals surface area contributed by atoms with Gasteiger partial charge in [0.15, 0.2) is 8.32 Å². The molecule has 1 heterocycles. The topological polar surface area (TPSA) is 94.6 Å². The number of thiazole rings is 1. The van der Waals surface area contributed by atoms with E-state index in [1.54, 1.807) is 5.38 Å². The van der Waals surface area contributed by atoms with Gasteiger partial charge < -0.3 is 14.5 Å². The van der Waals surface area contributed by atoms with Gasteiger partial charge in [-0.1, -0.05) is 67.4 Å². The number of nitrogens with zero attached hydrogens (tertiary/aromatic N) is 1. The highest BCUT2D eigenvalue weighted by Gasteiger charge is 2.38. The number of methoxy groups -OCH3 is 1. The maximum absolute atomic E-state index is 12.9. The lowest BCUT2D eigenvalue weighted by Gasteiger charge is -2.37. The number of hydrogen-bond acceptors (Lipinski definition) is 7. The van der Waals surface area contributed by atoms with E-state index in [4.69, 9.17) is 9.16 Å². The van der Waals surface area contributed by atoms with Gasteiger partial charge in [0.1, 0.15) is 22.5 Å². The molecule has 0 saturated heterocycles. The van der Waals surface area contributed by atoms with Crippen molar-refractivity contribution in [3.63, 3.8) is 0 Å². The molecule has 0 fully saturated rings. The van der Waals surface area contributed by atoms with Crippen LogP contribution in [-0.2, 0) is 25.2 Å². The van der Waals surface area contributed by atoms with Gasteiger partial charge in [-0.3, -0.25) is 9.59 Å². The molecule has 7 nitrogen and oxygen atoms in total. The number of carbonyl (C=O) groups excluding carboxylic acids is 3. The number of benzene rings is 1. The summed E-state index contributed by atoms with van der Waals surface area (Å²) in [6, 6.07) is 7.15. The van der Waals surface area contributed by atoms with Gasteiger partial charge in [-0.15, -0.1) is 11.3 Å². The van der Waals surface area contributed by atoms with Gasteiger partial charge in [0.25, 0.3) is 5.91 Å². The minimum absolute atomic E-state index is 0.0267. The average Bonchev–Trinajstić information content (AvgIpc) is 3.39. The normalized spacial score (nSPS) is 12.7. The number of unbranched alkanes of at least 4 members (excludes halogenated alkanes) is 2. The Morgan fingerprint density at radius 1 is 1.05 bits per heavy atom. The summed E-state index contributed by atoms with van der Waals surface area (Å²) in [6.45, 7) is 10.6. The Hall–Kier alpha value is -1.88. The Morgan fingerprint density at radius 2 is 1.72 bits per heavy atom. The Balaban J connectivity index is 1.92. The summed E-state index contributed by atoms with van der Waals surface area (Å²) in [7, 11) is -0.820. The van der Waals surface area contributed by atoms with Crippen LogP contribution < -0.4 is 5.32 Å². The molecule has 1 aromatic carbocycles. The molecule has 0 aliphatic rings. The van der Waals surface area contributed by atoms with Gasteiger partial charge in [-0.25, -0.2) is 9.78 Å². The SMILES string of the molecule is COC(=O)[C@H](CO[Si](C)(C)C(C)(C)C)NC(=O)c1csc(-c2ccc(CCCC(=O)CCCCCBr)cc2)n1. The molecule has 2 aromatic rings. The van der Waals surface area contributed by atoms with Crippen LogP contribution in [-0.4, -0.2) is 56.0 Å². The van der Waals surface area contributed by atoms with Gasteiger partial charge >= 0.3 is 5.97 Å². The molecule has 39 heavy (non-hydrogen) atoms. The number of esters is 1. The van der Waals surface area contributed by atoms with Crippen molar-refractivity contribution >= 4 is 53.2 Å². The number of Topliss-reactive ketones (excluding diaryl/α,β-unsaturated/α-hetero) is 1. The largest absolute Gasteiger partial charge is 0.467 e. The summed E-state index contributed by atoms with van der Waals surface area (Å²) in [5, 5.41) is 6.11. The lowest BCUT2D eigenvalue weighted by atomic mass is 10.0. The van der Waals surface area contributed by atoms with Crippen molar-refractivity contribution in [2.45, 2.75) is 89.9 Å². The monoisotopic (exact) mass is 638 g/mol. The van der Waals surface area contributed by atoms with Gasteiger partial charge in [0.2, 0.25) is 0 Å². The smallest absolute Gasteiger partial charge is 0.330 e. The maximum atomic E-state index is 12.9. The van der Waals surface area contributed by atoms with Crippen LogP contribution in [0.1, 0.15) is 75.3 Å². The number of aryl methyl sites for hydroxylation is 1. The first kappa shape index (κ1) is 33.3. The van der Waals surface area contributed by atoms with Crippen LogP contribution in [0.25, 0.3) is 10.6 Å². The fraction of sp³-hybridized carbons (Fsp3) is 0.586. The number of carbonyl (C=O) groups is 3. The number of halogens is 1. The van der Waals surface area contributed by atoms with Gasteiger partial charge in [0, 0.05) is 29.1 Å². The van der Waals surface area contributed by atoms with Crippen molar-refractivity contribution in [2.75, 3.05) is 19.0 Å². The summed E-state index contributed by atoms with van der Waals surface area (Å²) in [6.07, 6.45) is 6.18. The molecule has 1 aromatic heterocycles. The maximum Gasteiger partial charge on any atom is 0.330 e. The Morgan fingerprint density at radius 3 is 2.33 bits per heavy atom. The number of ether oxygens (including phenoxy) is 1. The third-order valence-electron chi connectivity index (χ3n) is 7.16. The number of amides is 1. The van der Waals surface area contributed by atoms with Gasteiger partial charge in [-0.05, 0) is 49.4 Å². The molecular weight excluding hydrogens is 596 g/mol. The predicted octanol–water partition coefficient (Wildman–Crippen LogP) is 6.95. The summed E-state index contributed by atoms with van der Waals surface area (Å²) < 4.78 is 11.1. The molecule has 0 bridgehead atoms. The highest BCUT2D eigenvalue weighted by Crippen LogP contribution is 2.36. The fourth-order valence-electron chi connectivity index (χ4n) is 3.58. The van der Waals surface area contributed by atoms with Crippen molar-refractivity contribution in [1.29, 1.82) is 0 Å². The highest BCUT2D eigenvalue weighted by atomic mass is 79.9. The van der Waals surface area contributed by atoms with Crippen molar-refractivity contribution in [2.24, 2.45) is 0 Å². The fourth-order valence-corrected chi connectivity index (χ4v) is 5.80. The van der Waals surface area contributed by atoms with Crippen LogP contribution in [0.4, 0.5) is 0 Å². The minimum atomic E-state index is -2.12. The molecule has 0 aliphatic carbocycles. The van der Waals surface area contributed by atoms with Crippen LogP contribution >= 0.6 is 27.3 Å². The van der Waals surface area contributed by atoms with E-state index < -0.39 is 26.2 Å². The number of ketones is 1. The molecule has 0 saturated carbocycles. The van der Waals surface area contributed by atoms with Crippen molar-refractivity contribution in [3.05, 3.63) is 40.9 Å². The van der Waals surface area contributed by atoms with Crippen LogP contribution in [0.3, 0.4) is 0 Å². The molecule has 1 amide bonds. The van der Waals surface area contributed by atoms with Gasteiger partial charge in [0.05, 0.1) is 13.7 Å². The van der Waals surface area contributed by atoms with Crippen molar-refractivity contribution < 1.29 is 23.5 Å². The van der Waals surface area contributed by atoms with E-state index in [9.17, 15) is 14.4 Å². The molecule has 216 valence electrons. The summed E-state index contributed by atoms with van der Waals surface area (Å²) in [4.78, 5) is 41.8. The molecule has 0 radical (unpaired) electrons. The van der Waals surface area contributed by atoms with E-state index in [1.165, 1.54) is 24.0 Å². The first-order chi connectivity index (χ1) is 18.4. The third kappa shape index (κ3) is 10.9. The number of rotatable bonds is 16. The highest BCUT2D eigenvalue weighted by molar-refractivity contribution is 9.09. The predicted molar refractivity (Wildman–Crippen MR) is 164 cm³/mol. The van der Waals surface area contributed by atoms with E-state index in [1.807, 2.05) is 24.3 Å². The lowest BCUT2D eigenvalue weighted by molar-refractivity contribution is -0.143. The van der Waals surface area contributed by atoms with Crippen molar-refractivity contribution in [1.82, 2.24) is 10.3 Å². The standard InChI is InChI=1S/C29H43BrN2O5SSi/c1-29(2,3)39(5,6)37-19-24(28(35)36-4)31-26(34)25-20-38-27(32-25)22-16-14-21(15-17-22)11-10-13-23(33)12-8-7-9-18-30/h14-17,20,24H,7-13,18-19H2,1-6H3,(H,31,34)/t24-/m0/s1. The summed E-state index contributed by atoms with van der Waals surface area (Å²) in [5.74, 6) is -0.652. The zero-order valence-electron chi connectivity index (χ0n) is 24.1. The van der Waals surface area contributed by atoms with Crippen LogP contribution in [0.5, 0.6) is 0 Å². The zero-order chi connectivity index (χ0) is 29.1. The molecule has 2 rings (SSSR count). The average molecular weight is 640 g/mol. The van der Waals surface area contributed by atoms with Crippen LogP contribution in [0.2, 0.25) is 18.1 Å². The molecule has 0 aliphatic heterocycles. The molecular formula is C29H43BrN2O5SSi. The van der Waals surface area contributed by atoms with E-state index >= 15 is 0 Å². The molecule has 1 atom stereocenters. The Kier molecular flexibility index (Phi) is 13.5. The number of hydrogen-bond donors (Lipinski definition) is 1. The number of alkyl halides is 1. The zero-order valence-corrected chi connectivity index (χ0v) is 27.5. The summed E-state index contributed by atoms with van der Waals surface area (Å²) >= 11 is 4.79. The van der Waals surface area contributed by atoms with Crippen LogP contribution in [0, 0.1) is 0 Å². The second-order valence-corrected chi connectivity index (χ2v) is 17.7. The number of nitrogens with one attached hydrogen (secondary N) is 1. The summed E-state index contributed by atoms with van der Waals surface area (Å²) in [5.41, 5.74) is 2.33.